The van der Waals surface area contributed by atoms with Crippen molar-refractivity contribution in [1.82, 2.24) is 25.0 Å². The highest BCUT2D eigenvalue weighted by molar-refractivity contribution is 5.79. The second-order valence-corrected chi connectivity index (χ2v) is 6.35. The zero-order valence-corrected chi connectivity index (χ0v) is 17.4. The Bertz CT molecular complexity index is 714. The minimum atomic E-state index is 0.591. The number of benzene rings is 1. The number of rotatable bonds is 11. The first kappa shape index (κ1) is 21.7. The molecule has 28 heavy (non-hydrogen) atoms. The van der Waals surface area contributed by atoms with Crippen LogP contribution in [0.15, 0.2) is 35.6 Å². The van der Waals surface area contributed by atoms with Crippen LogP contribution in [-0.2, 0) is 24.2 Å². The van der Waals surface area contributed by atoms with E-state index in [4.69, 9.17) is 9.47 Å². The summed E-state index contributed by atoms with van der Waals surface area (Å²) in [4.78, 5) is 6.77. The van der Waals surface area contributed by atoms with E-state index in [0.717, 1.165) is 43.6 Å². The lowest BCUT2D eigenvalue weighted by atomic mass is 10.2. The molecule has 8 heteroatoms. The van der Waals surface area contributed by atoms with Gasteiger partial charge < -0.3 is 24.3 Å². The first-order chi connectivity index (χ1) is 13.7. The number of hydrogen-bond acceptors (Lipinski definition) is 5. The molecule has 2 rings (SSSR count). The number of hydrogen-bond donors (Lipinski definition) is 1. The molecule has 0 aliphatic heterocycles. The van der Waals surface area contributed by atoms with Crippen molar-refractivity contribution in [2.75, 3.05) is 40.5 Å². The minimum absolute atomic E-state index is 0.591. The SMILES string of the molecule is CCOc1ccc(CN(C)C(=NCCOC)NCCn2cnnc2CC)cc1. The third-order valence-corrected chi connectivity index (χ3v) is 4.22. The maximum atomic E-state index is 5.51. The van der Waals surface area contributed by atoms with Crippen LogP contribution >= 0.6 is 0 Å². The molecule has 0 fully saturated rings. The van der Waals surface area contributed by atoms with Crippen molar-refractivity contribution < 1.29 is 9.47 Å². The number of aryl methyl sites for hydroxylation is 1. The molecule has 0 bridgehead atoms. The van der Waals surface area contributed by atoms with Gasteiger partial charge in [-0.25, -0.2) is 0 Å². The van der Waals surface area contributed by atoms with Crippen LogP contribution in [0.3, 0.4) is 0 Å². The number of nitrogens with one attached hydrogen (secondary N) is 1. The fourth-order valence-electron chi connectivity index (χ4n) is 2.79. The molecule has 0 unspecified atom stereocenters. The molecule has 1 heterocycles. The molecule has 0 aliphatic rings. The first-order valence-electron chi connectivity index (χ1n) is 9.74. The average Bonchev–Trinajstić information content (AvgIpc) is 3.16. The van der Waals surface area contributed by atoms with Crippen LogP contribution in [0.25, 0.3) is 0 Å². The van der Waals surface area contributed by atoms with Gasteiger partial charge in [0.25, 0.3) is 0 Å². The molecule has 0 saturated heterocycles. The van der Waals surface area contributed by atoms with Gasteiger partial charge in [0.2, 0.25) is 0 Å². The van der Waals surface area contributed by atoms with Crippen molar-refractivity contribution in [2.45, 2.75) is 33.4 Å². The van der Waals surface area contributed by atoms with Crippen molar-refractivity contribution in [1.29, 1.82) is 0 Å². The highest BCUT2D eigenvalue weighted by Gasteiger charge is 2.08. The molecule has 0 atom stereocenters. The van der Waals surface area contributed by atoms with Gasteiger partial charge in [0.1, 0.15) is 17.9 Å². The summed E-state index contributed by atoms with van der Waals surface area (Å²) in [6, 6.07) is 8.16. The molecular weight excluding hydrogens is 356 g/mol. The quantitative estimate of drug-likeness (QED) is 0.360. The molecule has 1 aromatic carbocycles. The Morgan fingerprint density at radius 1 is 1.25 bits per heavy atom. The van der Waals surface area contributed by atoms with Gasteiger partial charge in [-0.05, 0) is 24.6 Å². The number of aromatic nitrogens is 3. The Kier molecular flexibility index (Phi) is 9.27. The fraction of sp³-hybridized carbons (Fsp3) is 0.550. The van der Waals surface area contributed by atoms with Crippen LogP contribution in [-0.4, -0.2) is 66.1 Å². The summed E-state index contributed by atoms with van der Waals surface area (Å²) >= 11 is 0. The summed E-state index contributed by atoms with van der Waals surface area (Å²) in [6.07, 6.45) is 2.64. The molecule has 0 radical (unpaired) electrons. The molecule has 154 valence electrons. The highest BCUT2D eigenvalue weighted by atomic mass is 16.5. The monoisotopic (exact) mass is 388 g/mol. The number of guanidine groups is 1. The number of ether oxygens (including phenoxy) is 2. The summed E-state index contributed by atoms with van der Waals surface area (Å²) in [7, 11) is 3.72. The minimum Gasteiger partial charge on any atom is -0.494 e. The van der Waals surface area contributed by atoms with Crippen molar-refractivity contribution in [2.24, 2.45) is 4.99 Å². The lowest BCUT2D eigenvalue weighted by Crippen LogP contribution is -2.40. The van der Waals surface area contributed by atoms with Crippen LogP contribution in [0.2, 0.25) is 0 Å². The summed E-state index contributed by atoms with van der Waals surface area (Å²) in [6.45, 7) is 8.22. The molecule has 2 aromatic rings. The van der Waals surface area contributed by atoms with Crippen LogP contribution in [0.5, 0.6) is 5.75 Å². The average molecular weight is 389 g/mol. The summed E-state index contributed by atoms with van der Waals surface area (Å²) in [5, 5.41) is 11.5. The van der Waals surface area contributed by atoms with Crippen molar-refractivity contribution in [3.05, 3.63) is 42.0 Å². The van der Waals surface area contributed by atoms with E-state index in [2.05, 4.69) is 49.0 Å². The number of methoxy groups -OCH3 is 1. The van der Waals surface area contributed by atoms with Gasteiger partial charge >= 0.3 is 0 Å². The highest BCUT2D eigenvalue weighted by Crippen LogP contribution is 2.13. The summed E-state index contributed by atoms with van der Waals surface area (Å²) in [5.41, 5.74) is 1.19. The van der Waals surface area contributed by atoms with E-state index in [1.165, 1.54) is 5.56 Å². The van der Waals surface area contributed by atoms with E-state index in [1.807, 2.05) is 26.1 Å². The van der Waals surface area contributed by atoms with E-state index < -0.39 is 0 Å². The Morgan fingerprint density at radius 3 is 2.71 bits per heavy atom. The van der Waals surface area contributed by atoms with E-state index in [-0.39, 0.29) is 0 Å². The molecule has 0 amide bonds. The Labute approximate surface area is 167 Å². The molecule has 0 aliphatic carbocycles. The molecule has 1 aromatic heterocycles. The predicted molar refractivity (Wildman–Crippen MR) is 111 cm³/mol. The van der Waals surface area contributed by atoms with Crippen molar-refractivity contribution >= 4 is 5.96 Å². The largest absolute Gasteiger partial charge is 0.494 e. The van der Waals surface area contributed by atoms with Crippen LogP contribution < -0.4 is 10.1 Å². The summed E-state index contributed by atoms with van der Waals surface area (Å²) < 4.78 is 12.7. The van der Waals surface area contributed by atoms with Gasteiger partial charge in [-0.3, -0.25) is 4.99 Å². The third kappa shape index (κ3) is 6.84. The normalized spacial score (nSPS) is 11.5. The van der Waals surface area contributed by atoms with Gasteiger partial charge in [-0.2, -0.15) is 0 Å². The van der Waals surface area contributed by atoms with E-state index in [1.54, 1.807) is 13.4 Å². The third-order valence-electron chi connectivity index (χ3n) is 4.22. The Hall–Kier alpha value is -2.61. The first-order valence-corrected chi connectivity index (χ1v) is 9.74. The standard InChI is InChI=1S/C20H32N6O2/c1-5-19-24-23-16-26(19)13-11-21-20(22-12-14-27-4)25(3)15-17-7-9-18(10-8-17)28-6-2/h7-10,16H,5-6,11-15H2,1-4H3,(H,21,22). The predicted octanol–water partition coefficient (Wildman–Crippen LogP) is 1.96. The second kappa shape index (κ2) is 12.0. The van der Waals surface area contributed by atoms with Crippen LogP contribution in [0, 0.1) is 0 Å². The maximum absolute atomic E-state index is 5.51. The van der Waals surface area contributed by atoms with E-state index in [0.29, 0.717) is 19.8 Å². The second-order valence-electron chi connectivity index (χ2n) is 6.35. The Morgan fingerprint density at radius 2 is 2.04 bits per heavy atom. The topological polar surface area (TPSA) is 76.8 Å². The molecular formula is C20H32N6O2. The molecule has 0 spiro atoms. The zero-order chi connectivity index (χ0) is 20.2. The van der Waals surface area contributed by atoms with Gasteiger partial charge in [0.05, 0.1) is 19.8 Å². The van der Waals surface area contributed by atoms with Crippen LogP contribution in [0.4, 0.5) is 0 Å². The van der Waals surface area contributed by atoms with Gasteiger partial charge in [-0.15, -0.1) is 10.2 Å². The molecule has 8 nitrogen and oxygen atoms in total. The lowest BCUT2D eigenvalue weighted by molar-refractivity contribution is 0.207. The van der Waals surface area contributed by atoms with E-state index >= 15 is 0 Å². The van der Waals surface area contributed by atoms with Crippen molar-refractivity contribution in [3.63, 3.8) is 0 Å². The lowest BCUT2D eigenvalue weighted by Gasteiger charge is -2.23. The smallest absolute Gasteiger partial charge is 0.194 e. The maximum Gasteiger partial charge on any atom is 0.194 e. The molecule has 1 N–H and O–H groups in total. The fourth-order valence-corrected chi connectivity index (χ4v) is 2.79. The van der Waals surface area contributed by atoms with Gasteiger partial charge in [-0.1, -0.05) is 19.1 Å². The summed E-state index contributed by atoms with van der Waals surface area (Å²) in [5.74, 6) is 2.72. The number of nitrogens with zero attached hydrogens (tertiary/aromatic N) is 5. The van der Waals surface area contributed by atoms with Gasteiger partial charge in [0.15, 0.2) is 5.96 Å². The van der Waals surface area contributed by atoms with Crippen LogP contribution in [0.1, 0.15) is 25.2 Å². The van der Waals surface area contributed by atoms with E-state index in [9.17, 15) is 0 Å². The van der Waals surface area contributed by atoms with Crippen molar-refractivity contribution in [3.8, 4) is 5.75 Å². The van der Waals surface area contributed by atoms with Gasteiger partial charge in [0, 0.05) is 40.2 Å². The molecule has 0 saturated carbocycles. The Balaban J connectivity index is 1.95. The number of aliphatic imine (C=N–C) groups is 1. The zero-order valence-electron chi connectivity index (χ0n) is 17.4.